The highest BCUT2D eigenvalue weighted by atomic mass is 19.2. The molecule has 0 spiro atoms. The smallest absolute Gasteiger partial charge is 0.309 e. The number of rotatable bonds is 11. The van der Waals surface area contributed by atoms with E-state index in [1.807, 2.05) is 4.90 Å². The van der Waals surface area contributed by atoms with Crippen LogP contribution in [0.3, 0.4) is 0 Å². The summed E-state index contributed by atoms with van der Waals surface area (Å²) in [6.45, 7) is 1.16. The van der Waals surface area contributed by atoms with Crippen molar-refractivity contribution >= 4 is 16.9 Å². The van der Waals surface area contributed by atoms with Crippen LogP contribution >= 0.6 is 0 Å². The van der Waals surface area contributed by atoms with E-state index in [1.165, 1.54) is 7.11 Å². The monoisotopic (exact) mass is 549 g/mol. The SMILES string of the molecule is COc1ccc2ncc(CN)c(C(F)CCC3(C(=O)O)CCN(CCOc4cc(F)cc(F)c4F)CC3)c2c1. The molecule has 1 aliphatic heterocycles. The first-order valence-electron chi connectivity index (χ1n) is 12.7. The molecule has 0 amide bonds. The topological polar surface area (TPSA) is 97.9 Å². The van der Waals surface area contributed by atoms with Gasteiger partial charge in [-0.25, -0.2) is 13.2 Å². The average Bonchev–Trinajstić information content (AvgIpc) is 2.93. The van der Waals surface area contributed by atoms with E-state index in [0.717, 1.165) is 6.07 Å². The van der Waals surface area contributed by atoms with Gasteiger partial charge in [-0.3, -0.25) is 14.7 Å². The molecule has 0 aliphatic carbocycles. The number of piperidine rings is 1. The highest BCUT2D eigenvalue weighted by Crippen LogP contribution is 2.41. The molecule has 1 atom stereocenters. The number of ether oxygens (including phenoxy) is 2. The third kappa shape index (κ3) is 6.25. The molecule has 11 heteroatoms. The lowest BCUT2D eigenvalue weighted by molar-refractivity contribution is -0.153. The fourth-order valence-corrected chi connectivity index (χ4v) is 5.14. The Balaban J connectivity index is 1.39. The molecule has 0 saturated carbocycles. The van der Waals surface area contributed by atoms with Gasteiger partial charge >= 0.3 is 5.97 Å². The maximum atomic E-state index is 15.8. The van der Waals surface area contributed by atoms with Crippen molar-refractivity contribution in [3.63, 3.8) is 0 Å². The summed E-state index contributed by atoms with van der Waals surface area (Å²) in [5, 5.41) is 10.7. The van der Waals surface area contributed by atoms with Crippen LogP contribution in [0.15, 0.2) is 36.5 Å². The van der Waals surface area contributed by atoms with Gasteiger partial charge in [-0.15, -0.1) is 0 Å². The Bertz CT molecular complexity index is 1330. The Morgan fingerprint density at radius 2 is 1.95 bits per heavy atom. The minimum absolute atomic E-state index is 0.0108. The van der Waals surface area contributed by atoms with Gasteiger partial charge < -0.3 is 20.3 Å². The maximum absolute atomic E-state index is 15.8. The number of fused-ring (bicyclic) bond motifs is 1. The molecule has 1 saturated heterocycles. The summed E-state index contributed by atoms with van der Waals surface area (Å²) in [4.78, 5) is 18.6. The second-order valence-electron chi connectivity index (χ2n) is 9.77. The van der Waals surface area contributed by atoms with Gasteiger partial charge in [-0.1, -0.05) is 0 Å². The Hall–Kier alpha value is -3.44. The predicted octanol–water partition coefficient (Wildman–Crippen LogP) is 5.16. The van der Waals surface area contributed by atoms with Crippen molar-refractivity contribution < 1.29 is 36.9 Å². The quantitative estimate of drug-likeness (QED) is 0.252. The van der Waals surface area contributed by atoms with Gasteiger partial charge in [0.05, 0.1) is 18.0 Å². The fraction of sp³-hybridized carbons (Fsp3) is 0.429. The minimum atomic E-state index is -1.45. The van der Waals surface area contributed by atoms with Crippen molar-refractivity contribution in [1.29, 1.82) is 0 Å². The summed E-state index contributed by atoms with van der Waals surface area (Å²) >= 11 is 0. The number of nitrogens with zero attached hydrogens (tertiary/aromatic N) is 2. The number of halogens is 4. The first-order valence-corrected chi connectivity index (χ1v) is 12.7. The third-order valence-corrected chi connectivity index (χ3v) is 7.50. The van der Waals surface area contributed by atoms with Crippen LogP contribution < -0.4 is 15.2 Å². The van der Waals surface area contributed by atoms with Crippen LogP contribution in [0.5, 0.6) is 11.5 Å². The van der Waals surface area contributed by atoms with Crippen LogP contribution in [0.4, 0.5) is 17.6 Å². The van der Waals surface area contributed by atoms with Gasteiger partial charge in [0, 0.05) is 42.4 Å². The summed E-state index contributed by atoms with van der Waals surface area (Å²) in [6.07, 6.45) is 0.779. The molecule has 1 aromatic heterocycles. The van der Waals surface area contributed by atoms with Gasteiger partial charge in [0.25, 0.3) is 0 Å². The van der Waals surface area contributed by atoms with Gasteiger partial charge in [0.2, 0.25) is 5.82 Å². The fourth-order valence-electron chi connectivity index (χ4n) is 5.14. The summed E-state index contributed by atoms with van der Waals surface area (Å²) in [7, 11) is 1.52. The van der Waals surface area contributed by atoms with Crippen LogP contribution in [0, 0.1) is 22.9 Å². The van der Waals surface area contributed by atoms with Crippen LogP contribution in [0.1, 0.15) is 43.0 Å². The number of nitrogens with two attached hydrogens (primary N) is 1. The molecule has 1 unspecified atom stereocenters. The first kappa shape index (κ1) is 28.6. The van der Waals surface area contributed by atoms with Crippen molar-refractivity contribution in [2.75, 3.05) is 33.4 Å². The van der Waals surface area contributed by atoms with Gasteiger partial charge in [0.15, 0.2) is 11.6 Å². The molecule has 2 heterocycles. The molecule has 1 fully saturated rings. The molecule has 210 valence electrons. The molecule has 3 aromatic rings. The lowest BCUT2D eigenvalue weighted by Gasteiger charge is -2.39. The average molecular weight is 550 g/mol. The molecule has 0 bridgehead atoms. The number of carbonyl (C=O) groups is 1. The molecular formula is C28H31F4N3O4. The number of methoxy groups -OCH3 is 1. The van der Waals surface area contributed by atoms with Crippen LogP contribution in [-0.2, 0) is 11.3 Å². The number of carboxylic acids is 1. The number of carboxylic acid groups (broad SMARTS) is 1. The van der Waals surface area contributed by atoms with Crippen molar-refractivity contribution in [3.05, 3.63) is 65.1 Å². The largest absolute Gasteiger partial charge is 0.497 e. The number of likely N-dealkylation sites (tertiary alicyclic amines) is 1. The third-order valence-electron chi connectivity index (χ3n) is 7.50. The number of hydrogen-bond acceptors (Lipinski definition) is 6. The number of hydrogen-bond donors (Lipinski definition) is 2. The van der Waals surface area contributed by atoms with E-state index in [9.17, 15) is 23.1 Å². The van der Waals surface area contributed by atoms with Crippen molar-refractivity contribution in [2.45, 2.75) is 38.4 Å². The molecule has 2 aromatic carbocycles. The molecule has 7 nitrogen and oxygen atoms in total. The van der Waals surface area contributed by atoms with Crippen molar-refractivity contribution in [3.8, 4) is 11.5 Å². The Morgan fingerprint density at radius 3 is 2.62 bits per heavy atom. The summed E-state index contributed by atoms with van der Waals surface area (Å²) in [5.74, 6) is -4.50. The molecule has 1 aliphatic rings. The Morgan fingerprint density at radius 1 is 1.21 bits per heavy atom. The summed E-state index contributed by atoms with van der Waals surface area (Å²) < 4.78 is 66.8. The Labute approximate surface area is 223 Å². The van der Waals surface area contributed by atoms with Crippen LogP contribution in [0.2, 0.25) is 0 Å². The van der Waals surface area contributed by atoms with E-state index in [0.29, 0.717) is 53.5 Å². The van der Waals surface area contributed by atoms with E-state index in [1.54, 1.807) is 24.4 Å². The number of aliphatic carboxylic acids is 1. The summed E-state index contributed by atoms with van der Waals surface area (Å²) in [5.41, 5.74) is 6.31. The molecular weight excluding hydrogens is 518 g/mol. The van der Waals surface area contributed by atoms with E-state index in [2.05, 4.69) is 4.98 Å². The maximum Gasteiger partial charge on any atom is 0.309 e. The molecule has 0 radical (unpaired) electrons. The van der Waals surface area contributed by atoms with Gasteiger partial charge in [-0.05, 0) is 62.5 Å². The lowest BCUT2D eigenvalue weighted by Crippen LogP contribution is -2.45. The lowest BCUT2D eigenvalue weighted by atomic mass is 9.74. The minimum Gasteiger partial charge on any atom is -0.497 e. The highest BCUT2D eigenvalue weighted by Gasteiger charge is 2.42. The van der Waals surface area contributed by atoms with Crippen LogP contribution in [0.25, 0.3) is 10.9 Å². The molecule has 39 heavy (non-hydrogen) atoms. The second kappa shape index (κ2) is 12.2. The van der Waals surface area contributed by atoms with Crippen molar-refractivity contribution in [1.82, 2.24) is 9.88 Å². The summed E-state index contributed by atoms with van der Waals surface area (Å²) in [6, 6.07) is 6.39. The van der Waals surface area contributed by atoms with E-state index >= 15 is 4.39 Å². The van der Waals surface area contributed by atoms with Gasteiger partial charge in [0.1, 0.15) is 24.3 Å². The highest BCUT2D eigenvalue weighted by molar-refractivity contribution is 5.85. The molecule has 4 rings (SSSR count). The second-order valence-corrected chi connectivity index (χ2v) is 9.77. The van der Waals surface area contributed by atoms with E-state index in [-0.39, 0.29) is 38.8 Å². The standard InChI is InChI=1S/C28H31F4N3O4/c1-38-19-2-3-23-20(14-19)25(17(15-33)16-34-23)21(30)4-5-28(27(36)37)6-8-35(9-7-28)10-11-39-24-13-18(29)12-22(31)26(24)32/h2-3,12-14,16,21H,4-11,15,33H2,1H3,(H,36,37). The predicted molar refractivity (Wildman–Crippen MR) is 137 cm³/mol. The van der Waals surface area contributed by atoms with Gasteiger partial charge in [-0.2, -0.15) is 4.39 Å². The zero-order valence-corrected chi connectivity index (χ0v) is 21.6. The zero-order valence-electron chi connectivity index (χ0n) is 21.6. The van der Waals surface area contributed by atoms with E-state index < -0.39 is 40.8 Å². The number of alkyl halides is 1. The first-order chi connectivity index (χ1) is 18.7. The zero-order chi connectivity index (χ0) is 28.2. The van der Waals surface area contributed by atoms with Crippen molar-refractivity contribution in [2.24, 2.45) is 11.1 Å². The van der Waals surface area contributed by atoms with Crippen LogP contribution in [-0.4, -0.2) is 54.3 Å². The number of pyridine rings is 1. The number of benzene rings is 2. The number of aromatic nitrogens is 1. The van der Waals surface area contributed by atoms with E-state index in [4.69, 9.17) is 15.2 Å². The normalized spacial score (nSPS) is 16.3. The molecule has 3 N–H and O–H groups in total. The Kier molecular flexibility index (Phi) is 8.91.